The number of carbonyl (C=O) groups excluding carboxylic acids is 1. The summed E-state index contributed by atoms with van der Waals surface area (Å²) < 4.78 is 6.63. The molecule has 0 amide bonds. The third-order valence-corrected chi connectivity index (χ3v) is 2.21. The summed E-state index contributed by atoms with van der Waals surface area (Å²) in [6.07, 6.45) is 6.11. The number of ether oxygens (including phenoxy) is 1. The van der Waals surface area contributed by atoms with E-state index in [0.29, 0.717) is 0 Å². The molecular weight excluding hydrogens is 194 g/mol. The third kappa shape index (κ3) is 3.71. The fraction of sp³-hybridized carbons (Fsp3) is 0.600. The number of hydrogen-bond acceptors (Lipinski definition) is 4. The maximum atomic E-state index is 11.2. The summed E-state index contributed by atoms with van der Waals surface area (Å²) in [6, 6.07) is -0.210. The molecule has 0 aliphatic heterocycles. The maximum Gasteiger partial charge on any atom is 0.322 e. The smallest absolute Gasteiger partial charge is 0.322 e. The fourth-order valence-electron chi connectivity index (χ4n) is 1.32. The van der Waals surface area contributed by atoms with Crippen LogP contribution in [-0.4, -0.2) is 35.2 Å². The highest BCUT2D eigenvalue weighted by Gasteiger charge is 2.14. The van der Waals surface area contributed by atoms with Gasteiger partial charge in [-0.15, -0.1) is 0 Å². The van der Waals surface area contributed by atoms with Gasteiger partial charge in [-0.2, -0.15) is 0 Å². The summed E-state index contributed by atoms with van der Waals surface area (Å²) in [5, 5.41) is 3.14. The summed E-state index contributed by atoms with van der Waals surface area (Å²) in [5.74, 6) is -0.205. The van der Waals surface area contributed by atoms with Crippen LogP contribution in [0.3, 0.4) is 0 Å². The predicted octanol–water partition coefficient (Wildman–Crippen LogP) is 0.424. The van der Waals surface area contributed by atoms with Gasteiger partial charge in [0, 0.05) is 25.5 Å². The largest absolute Gasteiger partial charge is 0.468 e. The molecule has 84 valence electrons. The van der Waals surface area contributed by atoms with Crippen molar-refractivity contribution in [1.29, 1.82) is 0 Å². The van der Waals surface area contributed by atoms with E-state index in [2.05, 4.69) is 15.0 Å². The predicted molar refractivity (Wildman–Crippen MR) is 56.3 cm³/mol. The number of imidazole rings is 1. The van der Waals surface area contributed by atoms with Crippen molar-refractivity contribution in [3.63, 3.8) is 0 Å². The minimum Gasteiger partial charge on any atom is -0.468 e. The van der Waals surface area contributed by atoms with Crippen LogP contribution in [0.15, 0.2) is 18.7 Å². The monoisotopic (exact) mass is 211 g/mol. The second-order valence-electron chi connectivity index (χ2n) is 3.24. The van der Waals surface area contributed by atoms with Gasteiger partial charge < -0.3 is 14.6 Å². The van der Waals surface area contributed by atoms with E-state index in [1.807, 2.05) is 17.7 Å². The highest BCUT2D eigenvalue weighted by molar-refractivity contribution is 5.75. The number of nitrogens with zero attached hydrogens (tertiary/aromatic N) is 2. The Morgan fingerprint density at radius 1 is 1.67 bits per heavy atom. The van der Waals surface area contributed by atoms with Crippen LogP contribution in [0.1, 0.15) is 13.3 Å². The Balaban J connectivity index is 2.26. The zero-order chi connectivity index (χ0) is 11.1. The highest BCUT2D eigenvalue weighted by Crippen LogP contribution is 1.94. The first-order chi connectivity index (χ1) is 7.27. The van der Waals surface area contributed by atoms with Gasteiger partial charge in [0.05, 0.1) is 13.4 Å². The van der Waals surface area contributed by atoms with Crippen molar-refractivity contribution in [3.05, 3.63) is 18.7 Å². The van der Waals surface area contributed by atoms with Gasteiger partial charge >= 0.3 is 5.97 Å². The number of esters is 1. The van der Waals surface area contributed by atoms with Gasteiger partial charge in [0.25, 0.3) is 0 Å². The van der Waals surface area contributed by atoms with E-state index in [-0.39, 0.29) is 12.0 Å². The molecule has 1 aromatic heterocycles. The van der Waals surface area contributed by atoms with Gasteiger partial charge in [0.1, 0.15) is 6.04 Å². The van der Waals surface area contributed by atoms with Crippen molar-refractivity contribution < 1.29 is 9.53 Å². The van der Waals surface area contributed by atoms with Crippen molar-refractivity contribution in [2.75, 3.05) is 13.7 Å². The molecule has 0 saturated heterocycles. The zero-order valence-corrected chi connectivity index (χ0v) is 9.14. The van der Waals surface area contributed by atoms with Crippen molar-refractivity contribution in [1.82, 2.24) is 14.9 Å². The number of hydrogen-bond donors (Lipinski definition) is 1. The number of methoxy groups -OCH3 is 1. The molecular formula is C10H17N3O2. The van der Waals surface area contributed by atoms with Crippen LogP contribution in [0.2, 0.25) is 0 Å². The number of nitrogens with one attached hydrogen (secondary N) is 1. The lowest BCUT2D eigenvalue weighted by Gasteiger charge is -2.14. The van der Waals surface area contributed by atoms with E-state index >= 15 is 0 Å². The molecule has 1 aromatic rings. The first-order valence-corrected chi connectivity index (χ1v) is 5.05. The van der Waals surface area contributed by atoms with Crippen molar-refractivity contribution in [2.24, 2.45) is 0 Å². The molecule has 5 nitrogen and oxygen atoms in total. The normalized spacial score (nSPS) is 12.4. The Bertz CT molecular complexity index is 285. The van der Waals surface area contributed by atoms with Crippen LogP contribution in [0, 0.1) is 0 Å². The molecule has 0 radical (unpaired) electrons. The Kier molecular flexibility index (Phi) is 4.83. The van der Waals surface area contributed by atoms with Crippen LogP contribution in [-0.2, 0) is 16.1 Å². The molecule has 0 aliphatic carbocycles. The topological polar surface area (TPSA) is 56.2 Å². The van der Waals surface area contributed by atoms with Gasteiger partial charge in [0.2, 0.25) is 0 Å². The van der Waals surface area contributed by atoms with E-state index in [0.717, 1.165) is 19.5 Å². The summed E-state index contributed by atoms with van der Waals surface area (Å²) in [7, 11) is 1.41. The van der Waals surface area contributed by atoms with Crippen LogP contribution in [0.25, 0.3) is 0 Å². The van der Waals surface area contributed by atoms with E-state index in [4.69, 9.17) is 0 Å². The Hall–Kier alpha value is -1.36. The molecule has 0 saturated carbocycles. The lowest BCUT2D eigenvalue weighted by Crippen LogP contribution is -2.38. The van der Waals surface area contributed by atoms with Crippen LogP contribution in [0.4, 0.5) is 0 Å². The lowest BCUT2D eigenvalue weighted by molar-refractivity contribution is -0.143. The molecule has 1 unspecified atom stereocenters. The zero-order valence-electron chi connectivity index (χ0n) is 9.14. The Morgan fingerprint density at radius 2 is 2.47 bits per heavy atom. The molecule has 1 rings (SSSR count). The van der Waals surface area contributed by atoms with Gasteiger partial charge in [-0.25, -0.2) is 4.98 Å². The molecule has 0 aromatic carbocycles. The standard InChI is InChI=1S/C10H17N3O2/c1-3-9(10(14)15-2)12-5-7-13-6-4-11-8-13/h4,6,8-9,12H,3,5,7H2,1-2H3. The molecule has 1 N–H and O–H groups in total. The second kappa shape index (κ2) is 6.19. The first-order valence-electron chi connectivity index (χ1n) is 5.05. The fourth-order valence-corrected chi connectivity index (χ4v) is 1.32. The molecule has 0 spiro atoms. The third-order valence-electron chi connectivity index (χ3n) is 2.21. The number of rotatable bonds is 6. The van der Waals surface area contributed by atoms with Crippen LogP contribution < -0.4 is 5.32 Å². The average molecular weight is 211 g/mol. The SMILES string of the molecule is CCC(NCCn1ccnc1)C(=O)OC. The van der Waals surface area contributed by atoms with Crippen molar-refractivity contribution >= 4 is 5.97 Å². The molecule has 5 heteroatoms. The molecule has 1 atom stereocenters. The van der Waals surface area contributed by atoms with Gasteiger partial charge in [-0.1, -0.05) is 6.92 Å². The second-order valence-corrected chi connectivity index (χ2v) is 3.24. The van der Waals surface area contributed by atoms with Crippen LogP contribution in [0.5, 0.6) is 0 Å². The Labute approximate surface area is 89.4 Å². The maximum absolute atomic E-state index is 11.2. The molecule has 0 fully saturated rings. The lowest BCUT2D eigenvalue weighted by atomic mass is 10.2. The Morgan fingerprint density at radius 3 is 3.00 bits per heavy atom. The van der Waals surface area contributed by atoms with Crippen LogP contribution >= 0.6 is 0 Å². The van der Waals surface area contributed by atoms with E-state index in [1.54, 1.807) is 12.5 Å². The first kappa shape index (κ1) is 11.7. The van der Waals surface area contributed by atoms with Crippen molar-refractivity contribution in [3.8, 4) is 0 Å². The highest BCUT2D eigenvalue weighted by atomic mass is 16.5. The van der Waals surface area contributed by atoms with Gasteiger partial charge in [-0.05, 0) is 6.42 Å². The summed E-state index contributed by atoms with van der Waals surface area (Å²) in [6.45, 7) is 3.48. The summed E-state index contributed by atoms with van der Waals surface area (Å²) in [4.78, 5) is 15.2. The quantitative estimate of drug-likeness (QED) is 0.693. The van der Waals surface area contributed by atoms with Crippen molar-refractivity contribution in [2.45, 2.75) is 25.9 Å². The van der Waals surface area contributed by atoms with E-state index in [9.17, 15) is 4.79 Å². The van der Waals surface area contributed by atoms with E-state index in [1.165, 1.54) is 7.11 Å². The molecule has 0 aliphatic rings. The minimum atomic E-state index is -0.210. The summed E-state index contributed by atoms with van der Waals surface area (Å²) >= 11 is 0. The number of carbonyl (C=O) groups is 1. The van der Waals surface area contributed by atoms with Gasteiger partial charge in [-0.3, -0.25) is 4.79 Å². The average Bonchev–Trinajstić information content (AvgIpc) is 2.76. The number of aromatic nitrogens is 2. The minimum absolute atomic E-state index is 0.205. The summed E-state index contributed by atoms with van der Waals surface area (Å²) in [5.41, 5.74) is 0. The molecule has 1 heterocycles. The van der Waals surface area contributed by atoms with Gasteiger partial charge in [0.15, 0.2) is 0 Å². The molecule has 0 bridgehead atoms. The van der Waals surface area contributed by atoms with E-state index < -0.39 is 0 Å². The molecule has 15 heavy (non-hydrogen) atoms.